The van der Waals surface area contributed by atoms with Gasteiger partial charge in [-0.25, -0.2) is 21.6 Å². The van der Waals surface area contributed by atoms with Crippen LogP contribution in [-0.2, 0) is 20.0 Å². The molecule has 0 saturated heterocycles. The minimum absolute atomic E-state index is 0.00923. The number of nitrogens with one attached hydrogen (secondary N) is 2. The van der Waals surface area contributed by atoms with E-state index in [1.54, 1.807) is 6.92 Å². The van der Waals surface area contributed by atoms with Crippen molar-refractivity contribution in [3.05, 3.63) is 53.6 Å². The predicted molar refractivity (Wildman–Crippen MR) is 89.4 cm³/mol. The molecule has 0 saturated carbocycles. The Balaban J connectivity index is 2.40. The lowest BCUT2D eigenvalue weighted by atomic mass is 10.2. The summed E-state index contributed by atoms with van der Waals surface area (Å²) in [7, 11) is -6.32. The van der Waals surface area contributed by atoms with Gasteiger partial charge in [-0.1, -0.05) is 6.07 Å². The summed E-state index contributed by atoms with van der Waals surface area (Å²) < 4.78 is 53.2. The monoisotopic (exact) mass is 365 g/mol. The first-order chi connectivity index (χ1) is 11.2. The molecule has 126 valence electrons. The highest BCUT2D eigenvalue weighted by Gasteiger charge is 2.18. The van der Waals surface area contributed by atoms with E-state index in [1.807, 2.05) is 6.07 Å². The average molecular weight is 365 g/mol. The van der Waals surface area contributed by atoms with E-state index in [4.69, 9.17) is 5.26 Å². The van der Waals surface area contributed by atoms with Crippen LogP contribution in [-0.4, -0.2) is 23.9 Å². The molecule has 0 aliphatic heterocycles. The van der Waals surface area contributed by atoms with E-state index < -0.39 is 20.0 Å². The van der Waals surface area contributed by atoms with Crippen LogP contribution in [0.2, 0.25) is 0 Å². The van der Waals surface area contributed by atoms with E-state index >= 15 is 0 Å². The summed E-state index contributed by atoms with van der Waals surface area (Å²) in [6.45, 7) is 1.61. The lowest BCUT2D eigenvalue weighted by Gasteiger charge is -2.11. The van der Waals surface area contributed by atoms with Gasteiger partial charge in [0.2, 0.25) is 10.0 Å². The Morgan fingerprint density at radius 3 is 2.12 bits per heavy atom. The van der Waals surface area contributed by atoms with E-state index in [0.29, 0.717) is 11.1 Å². The van der Waals surface area contributed by atoms with Crippen LogP contribution in [0.25, 0.3) is 0 Å². The maximum atomic E-state index is 12.4. The molecule has 0 heterocycles. The molecule has 0 amide bonds. The zero-order valence-corrected chi connectivity index (χ0v) is 14.6. The van der Waals surface area contributed by atoms with Crippen LogP contribution >= 0.6 is 0 Å². The number of hydrogen-bond acceptors (Lipinski definition) is 5. The second-order valence-corrected chi connectivity index (χ2v) is 8.47. The van der Waals surface area contributed by atoms with Gasteiger partial charge in [-0.2, -0.15) is 5.26 Å². The third-order valence-electron chi connectivity index (χ3n) is 3.29. The van der Waals surface area contributed by atoms with Gasteiger partial charge >= 0.3 is 0 Å². The fourth-order valence-electron chi connectivity index (χ4n) is 1.99. The number of hydrogen-bond donors (Lipinski definition) is 2. The molecular formula is C15H15N3O4S2. The summed E-state index contributed by atoms with van der Waals surface area (Å²) in [6, 6.07) is 11.5. The third-order valence-corrected chi connectivity index (χ3v) is 6.25. The van der Waals surface area contributed by atoms with Gasteiger partial charge in [0, 0.05) is 0 Å². The van der Waals surface area contributed by atoms with Crippen LogP contribution in [0.1, 0.15) is 11.1 Å². The highest BCUT2D eigenvalue weighted by molar-refractivity contribution is 7.92. The Kier molecular flexibility index (Phi) is 4.94. The minimum atomic E-state index is -3.89. The van der Waals surface area contributed by atoms with Crippen LogP contribution in [0.5, 0.6) is 0 Å². The molecule has 0 aliphatic rings. The lowest BCUT2D eigenvalue weighted by Crippen LogP contribution is -2.20. The average Bonchev–Trinajstić information content (AvgIpc) is 2.56. The molecule has 2 N–H and O–H groups in total. The van der Waals surface area contributed by atoms with Crippen LogP contribution in [0.4, 0.5) is 5.69 Å². The molecule has 2 aromatic rings. The zero-order valence-electron chi connectivity index (χ0n) is 12.9. The van der Waals surface area contributed by atoms with Crippen LogP contribution in [0.15, 0.2) is 52.3 Å². The molecule has 0 unspecified atom stereocenters. The van der Waals surface area contributed by atoms with Crippen molar-refractivity contribution < 1.29 is 16.8 Å². The second-order valence-electron chi connectivity index (χ2n) is 4.93. The van der Waals surface area contributed by atoms with Gasteiger partial charge in [-0.3, -0.25) is 4.72 Å². The van der Waals surface area contributed by atoms with E-state index in [0.717, 1.165) is 0 Å². The van der Waals surface area contributed by atoms with Crippen LogP contribution in [0.3, 0.4) is 0 Å². The predicted octanol–water partition coefficient (Wildman–Crippen LogP) is 1.58. The van der Waals surface area contributed by atoms with E-state index in [1.165, 1.54) is 49.5 Å². The molecule has 9 heteroatoms. The number of nitrogens with zero attached hydrogens (tertiary/aromatic N) is 1. The van der Waals surface area contributed by atoms with Gasteiger partial charge in [-0.05, 0) is 55.9 Å². The number of benzene rings is 2. The third kappa shape index (κ3) is 3.73. The molecule has 0 radical (unpaired) electrons. The van der Waals surface area contributed by atoms with Crippen molar-refractivity contribution in [2.45, 2.75) is 16.7 Å². The maximum absolute atomic E-state index is 12.4. The highest BCUT2D eigenvalue weighted by atomic mass is 32.2. The van der Waals surface area contributed by atoms with E-state index in [-0.39, 0.29) is 15.5 Å². The topological polar surface area (TPSA) is 116 Å². The number of aryl methyl sites for hydroxylation is 1. The van der Waals surface area contributed by atoms with Crippen molar-refractivity contribution in [3.8, 4) is 6.07 Å². The quantitative estimate of drug-likeness (QED) is 0.834. The molecule has 0 atom stereocenters. The highest BCUT2D eigenvalue weighted by Crippen LogP contribution is 2.22. The number of anilines is 1. The molecular weight excluding hydrogens is 350 g/mol. The summed E-state index contributed by atoms with van der Waals surface area (Å²) >= 11 is 0. The first kappa shape index (κ1) is 17.9. The number of rotatable bonds is 5. The molecule has 0 aromatic heterocycles. The first-order valence-electron chi connectivity index (χ1n) is 6.77. The summed E-state index contributed by atoms with van der Waals surface area (Å²) in [5.41, 5.74) is 0.955. The Morgan fingerprint density at radius 1 is 0.958 bits per heavy atom. The van der Waals surface area contributed by atoms with Crippen molar-refractivity contribution >= 4 is 25.7 Å². The molecule has 0 bridgehead atoms. The molecule has 2 rings (SSSR count). The SMILES string of the molecule is CNS(=O)(=O)c1cc(NS(=O)(=O)c2ccc(C#N)cc2)ccc1C. The van der Waals surface area contributed by atoms with Gasteiger partial charge in [0.1, 0.15) is 0 Å². The zero-order chi connectivity index (χ0) is 18.0. The molecule has 2 aromatic carbocycles. The van der Waals surface area contributed by atoms with Gasteiger partial charge in [0.15, 0.2) is 0 Å². The maximum Gasteiger partial charge on any atom is 0.261 e. The van der Waals surface area contributed by atoms with E-state index in [9.17, 15) is 16.8 Å². The van der Waals surface area contributed by atoms with Crippen LogP contribution in [0, 0.1) is 18.3 Å². The second kappa shape index (κ2) is 6.60. The molecule has 7 nitrogen and oxygen atoms in total. The Bertz CT molecular complexity index is 1010. The molecule has 0 spiro atoms. The Morgan fingerprint density at radius 2 is 1.58 bits per heavy atom. The van der Waals surface area contributed by atoms with Crippen molar-refractivity contribution in [2.75, 3.05) is 11.8 Å². The number of nitriles is 1. The van der Waals surface area contributed by atoms with E-state index in [2.05, 4.69) is 9.44 Å². The lowest BCUT2D eigenvalue weighted by molar-refractivity contribution is 0.587. The largest absolute Gasteiger partial charge is 0.280 e. The van der Waals surface area contributed by atoms with Crippen molar-refractivity contribution in [3.63, 3.8) is 0 Å². The summed E-state index contributed by atoms with van der Waals surface area (Å²) in [4.78, 5) is -0.0369. The standard InChI is InChI=1S/C15H15N3O4S2/c1-11-3-6-13(9-15(11)24(21,22)17-2)18-23(19,20)14-7-4-12(10-16)5-8-14/h3-9,17-18H,1-2H3. The fraction of sp³-hybridized carbons (Fsp3) is 0.133. The smallest absolute Gasteiger partial charge is 0.261 e. The van der Waals surface area contributed by atoms with Gasteiger partial charge in [0.25, 0.3) is 10.0 Å². The van der Waals surface area contributed by atoms with Crippen molar-refractivity contribution in [1.82, 2.24) is 4.72 Å². The fourth-order valence-corrected chi connectivity index (χ4v) is 4.03. The van der Waals surface area contributed by atoms with Gasteiger partial charge < -0.3 is 0 Å². The normalized spacial score (nSPS) is 11.7. The van der Waals surface area contributed by atoms with Gasteiger partial charge in [0.05, 0.1) is 27.1 Å². The molecule has 0 fully saturated rings. The summed E-state index contributed by atoms with van der Waals surface area (Å²) in [5, 5.41) is 8.74. The van der Waals surface area contributed by atoms with Crippen molar-refractivity contribution in [1.29, 1.82) is 5.26 Å². The number of sulfonamides is 2. The Labute approximate surface area is 141 Å². The summed E-state index contributed by atoms with van der Waals surface area (Å²) in [6.07, 6.45) is 0. The summed E-state index contributed by atoms with van der Waals surface area (Å²) in [5.74, 6) is 0. The Hall–Kier alpha value is -2.41. The molecule has 24 heavy (non-hydrogen) atoms. The first-order valence-corrected chi connectivity index (χ1v) is 9.73. The molecule has 0 aliphatic carbocycles. The van der Waals surface area contributed by atoms with Crippen LogP contribution < -0.4 is 9.44 Å². The minimum Gasteiger partial charge on any atom is -0.280 e. The van der Waals surface area contributed by atoms with Crippen molar-refractivity contribution in [2.24, 2.45) is 0 Å². The van der Waals surface area contributed by atoms with Gasteiger partial charge in [-0.15, -0.1) is 0 Å².